The molecule has 0 aromatic heterocycles. The highest BCUT2D eigenvalue weighted by Gasteiger charge is 2.45. The number of Topliss-reactive ketones (excluding diaryl/α,β-unsaturated/α-hetero) is 1. The van der Waals surface area contributed by atoms with Crippen molar-refractivity contribution in [2.24, 2.45) is 17.6 Å². The second-order valence-electron chi connectivity index (χ2n) is 3.85. The summed E-state index contributed by atoms with van der Waals surface area (Å²) in [4.78, 5) is 22.4. The van der Waals surface area contributed by atoms with E-state index in [1.54, 1.807) is 27.7 Å². The van der Waals surface area contributed by atoms with Crippen molar-refractivity contribution in [2.75, 3.05) is 0 Å². The molecule has 1 atom stereocenters. The van der Waals surface area contributed by atoms with Crippen LogP contribution in [-0.2, 0) is 9.59 Å². The number of aliphatic carboxylic acids is 1. The van der Waals surface area contributed by atoms with Gasteiger partial charge in [-0.1, -0.05) is 27.7 Å². The molecule has 0 saturated heterocycles. The molecule has 0 amide bonds. The number of carbonyl (C=O) groups is 2. The highest BCUT2D eigenvalue weighted by molar-refractivity contribution is 6.08. The fourth-order valence-electron chi connectivity index (χ4n) is 1.11. The van der Waals surface area contributed by atoms with Gasteiger partial charge >= 0.3 is 5.97 Å². The first-order chi connectivity index (χ1) is 5.74. The van der Waals surface area contributed by atoms with Crippen LogP contribution in [0, 0.1) is 11.8 Å². The fraction of sp³-hybridized carbons (Fsp3) is 0.778. The molecule has 0 bridgehead atoms. The van der Waals surface area contributed by atoms with Gasteiger partial charge < -0.3 is 10.8 Å². The molecule has 0 spiro atoms. The van der Waals surface area contributed by atoms with E-state index in [-0.39, 0.29) is 5.92 Å². The van der Waals surface area contributed by atoms with Crippen LogP contribution in [0.15, 0.2) is 0 Å². The lowest BCUT2D eigenvalue weighted by Crippen LogP contribution is -2.60. The summed E-state index contributed by atoms with van der Waals surface area (Å²) >= 11 is 0. The minimum Gasteiger partial charge on any atom is -0.480 e. The smallest absolute Gasteiger partial charge is 0.331 e. The van der Waals surface area contributed by atoms with Crippen LogP contribution < -0.4 is 5.73 Å². The minimum atomic E-state index is -1.74. The van der Waals surface area contributed by atoms with Gasteiger partial charge in [-0.25, -0.2) is 4.79 Å². The SMILES string of the molecule is CC(C)C(=O)C(N)(C(=O)O)C(C)C. The van der Waals surface area contributed by atoms with Crippen LogP contribution in [0.25, 0.3) is 0 Å². The zero-order valence-electron chi connectivity index (χ0n) is 8.50. The van der Waals surface area contributed by atoms with E-state index >= 15 is 0 Å². The second-order valence-corrected chi connectivity index (χ2v) is 3.85. The molecule has 4 nitrogen and oxygen atoms in total. The van der Waals surface area contributed by atoms with Crippen LogP contribution >= 0.6 is 0 Å². The zero-order chi connectivity index (χ0) is 10.8. The van der Waals surface area contributed by atoms with Gasteiger partial charge in [0.15, 0.2) is 11.3 Å². The highest BCUT2D eigenvalue weighted by Crippen LogP contribution is 2.19. The van der Waals surface area contributed by atoms with Crippen LogP contribution in [0.1, 0.15) is 27.7 Å². The Bertz CT molecular complexity index is 223. The van der Waals surface area contributed by atoms with E-state index in [0.29, 0.717) is 0 Å². The predicted octanol–water partition coefficient (Wildman–Crippen LogP) is 0.650. The van der Waals surface area contributed by atoms with Crippen LogP contribution in [0.5, 0.6) is 0 Å². The molecule has 76 valence electrons. The van der Waals surface area contributed by atoms with E-state index in [9.17, 15) is 9.59 Å². The Morgan fingerprint density at radius 2 is 1.62 bits per heavy atom. The molecule has 4 heteroatoms. The van der Waals surface area contributed by atoms with Crippen molar-refractivity contribution in [1.82, 2.24) is 0 Å². The number of ketones is 1. The molecule has 3 N–H and O–H groups in total. The standard InChI is InChI=1S/C9H17NO3/c1-5(2)7(11)9(10,6(3)4)8(12)13/h5-6H,10H2,1-4H3,(H,12,13). The molecule has 13 heavy (non-hydrogen) atoms. The third-order valence-electron chi connectivity index (χ3n) is 2.20. The van der Waals surface area contributed by atoms with Gasteiger partial charge in [-0.05, 0) is 5.92 Å². The molecule has 0 aliphatic heterocycles. The molecule has 0 aromatic rings. The summed E-state index contributed by atoms with van der Waals surface area (Å²) in [6, 6.07) is 0. The van der Waals surface area contributed by atoms with Gasteiger partial charge in [0.05, 0.1) is 0 Å². The van der Waals surface area contributed by atoms with Gasteiger partial charge in [0, 0.05) is 5.92 Å². The third-order valence-corrected chi connectivity index (χ3v) is 2.20. The van der Waals surface area contributed by atoms with E-state index in [0.717, 1.165) is 0 Å². The van der Waals surface area contributed by atoms with Gasteiger partial charge in [0.1, 0.15) is 0 Å². The summed E-state index contributed by atoms with van der Waals surface area (Å²) in [6.07, 6.45) is 0. The van der Waals surface area contributed by atoms with Crippen molar-refractivity contribution in [1.29, 1.82) is 0 Å². The third kappa shape index (κ3) is 2.06. The maximum Gasteiger partial charge on any atom is 0.331 e. The zero-order valence-corrected chi connectivity index (χ0v) is 8.50. The number of rotatable bonds is 4. The summed E-state index contributed by atoms with van der Waals surface area (Å²) in [5.74, 6) is -2.43. The topological polar surface area (TPSA) is 80.4 Å². The first-order valence-corrected chi connectivity index (χ1v) is 4.31. The van der Waals surface area contributed by atoms with Crippen molar-refractivity contribution in [3.05, 3.63) is 0 Å². The molecule has 0 aliphatic carbocycles. The normalized spacial score (nSPS) is 15.9. The molecule has 0 saturated carbocycles. The Morgan fingerprint density at radius 3 is 1.69 bits per heavy atom. The Labute approximate surface area is 78.1 Å². The summed E-state index contributed by atoms with van der Waals surface area (Å²) < 4.78 is 0. The maximum absolute atomic E-state index is 11.5. The van der Waals surface area contributed by atoms with Crippen LogP contribution in [-0.4, -0.2) is 22.4 Å². The molecular formula is C9H17NO3. The average molecular weight is 187 g/mol. The molecule has 1 unspecified atom stereocenters. The average Bonchev–Trinajstić information content (AvgIpc) is 2.00. The molecule has 0 rings (SSSR count). The Hall–Kier alpha value is -0.900. The number of nitrogens with two attached hydrogens (primary N) is 1. The highest BCUT2D eigenvalue weighted by atomic mass is 16.4. The molecule has 0 heterocycles. The second kappa shape index (κ2) is 3.87. The fourth-order valence-corrected chi connectivity index (χ4v) is 1.11. The lowest BCUT2D eigenvalue weighted by Gasteiger charge is -2.28. The molecular weight excluding hydrogens is 170 g/mol. The minimum absolute atomic E-state index is 0.358. The Kier molecular flexibility index (Phi) is 3.60. The van der Waals surface area contributed by atoms with Gasteiger partial charge in [-0.3, -0.25) is 4.79 Å². The number of carboxylic acid groups (broad SMARTS) is 1. The van der Waals surface area contributed by atoms with Crippen LogP contribution in [0.3, 0.4) is 0 Å². The van der Waals surface area contributed by atoms with Crippen molar-refractivity contribution in [3.8, 4) is 0 Å². The maximum atomic E-state index is 11.5. The van der Waals surface area contributed by atoms with E-state index in [4.69, 9.17) is 10.8 Å². The summed E-state index contributed by atoms with van der Waals surface area (Å²) in [5, 5.41) is 8.88. The van der Waals surface area contributed by atoms with E-state index in [2.05, 4.69) is 0 Å². The van der Waals surface area contributed by atoms with E-state index in [1.165, 1.54) is 0 Å². The van der Waals surface area contributed by atoms with Gasteiger partial charge in [-0.15, -0.1) is 0 Å². The Balaban J connectivity index is 5.02. The van der Waals surface area contributed by atoms with Gasteiger partial charge in [0.25, 0.3) is 0 Å². The number of carbonyl (C=O) groups excluding carboxylic acids is 1. The van der Waals surface area contributed by atoms with E-state index < -0.39 is 23.2 Å². The van der Waals surface area contributed by atoms with Gasteiger partial charge in [-0.2, -0.15) is 0 Å². The van der Waals surface area contributed by atoms with Crippen LogP contribution in [0.4, 0.5) is 0 Å². The molecule has 0 radical (unpaired) electrons. The van der Waals surface area contributed by atoms with Crippen molar-refractivity contribution >= 4 is 11.8 Å². The van der Waals surface area contributed by atoms with E-state index in [1.807, 2.05) is 0 Å². The Morgan fingerprint density at radius 1 is 1.23 bits per heavy atom. The number of carboxylic acids is 1. The quantitative estimate of drug-likeness (QED) is 0.633. The molecule has 0 fully saturated rings. The van der Waals surface area contributed by atoms with Crippen molar-refractivity contribution in [3.63, 3.8) is 0 Å². The lowest BCUT2D eigenvalue weighted by atomic mass is 9.79. The van der Waals surface area contributed by atoms with Crippen LogP contribution in [0.2, 0.25) is 0 Å². The first-order valence-electron chi connectivity index (χ1n) is 4.31. The number of hydrogen-bond acceptors (Lipinski definition) is 3. The first kappa shape index (κ1) is 12.1. The molecule has 0 aliphatic rings. The lowest BCUT2D eigenvalue weighted by molar-refractivity contribution is -0.151. The number of hydrogen-bond donors (Lipinski definition) is 2. The molecule has 0 aromatic carbocycles. The predicted molar refractivity (Wildman–Crippen MR) is 49.2 cm³/mol. The van der Waals surface area contributed by atoms with Crippen molar-refractivity contribution < 1.29 is 14.7 Å². The van der Waals surface area contributed by atoms with Gasteiger partial charge in [0.2, 0.25) is 0 Å². The largest absolute Gasteiger partial charge is 0.480 e. The summed E-state index contributed by atoms with van der Waals surface area (Å²) in [6.45, 7) is 6.56. The summed E-state index contributed by atoms with van der Waals surface area (Å²) in [5.41, 5.74) is 3.84. The summed E-state index contributed by atoms with van der Waals surface area (Å²) in [7, 11) is 0. The monoisotopic (exact) mass is 187 g/mol. The van der Waals surface area contributed by atoms with Crippen molar-refractivity contribution in [2.45, 2.75) is 33.2 Å².